The van der Waals surface area contributed by atoms with Gasteiger partial charge >= 0.3 is 0 Å². The number of benzene rings is 1. The lowest BCUT2D eigenvalue weighted by atomic mass is 9.92. The Bertz CT molecular complexity index is 628. The quantitative estimate of drug-likeness (QED) is 0.912. The zero-order chi connectivity index (χ0) is 15.5. The molecule has 3 rings (SSSR count). The smallest absolute Gasteiger partial charge is 0.253 e. The molecular weight excluding hydrogens is 316 g/mol. The fourth-order valence-electron chi connectivity index (χ4n) is 2.84. The normalized spacial score (nSPS) is 19.0. The summed E-state index contributed by atoms with van der Waals surface area (Å²) in [6.45, 7) is 3.56. The van der Waals surface area contributed by atoms with Crippen molar-refractivity contribution in [2.75, 3.05) is 13.1 Å². The van der Waals surface area contributed by atoms with E-state index < -0.39 is 0 Å². The van der Waals surface area contributed by atoms with Crippen molar-refractivity contribution < 1.29 is 4.79 Å². The topological polar surface area (TPSA) is 89.9 Å². The van der Waals surface area contributed by atoms with Crippen LogP contribution in [0.3, 0.4) is 0 Å². The average Bonchev–Trinajstić information content (AvgIpc) is 3.09. The van der Waals surface area contributed by atoms with E-state index in [1.54, 1.807) is 4.68 Å². The minimum Gasteiger partial charge on any atom is -0.338 e. The molecular formula is C15H21ClN6O. The Hall–Kier alpha value is -1.99. The summed E-state index contributed by atoms with van der Waals surface area (Å²) in [6.07, 6.45) is 3.63. The largest absolute Gasteiger partial charge is 0.338 e. The van der Waals surface area contributed by atoms with Gasteiger partial charge in [-0.25, -0.2) is 4.68 Å². The first-order valence-electron chi connectivity index (χ1n) is 7.53. The van der Waals surface area contributed by atoms with Crippen LogP contribution in [0.4, 0.5) is 0 Å². The number of amides is 1. The number of tetrazole rings is 1. The molecule has 23 heavy (non-hydrogen) atoms. The lowest BCUT2D eigenvalue weighted by Crippen LogP contribution is -2.45. The number of hydrogen-bond donors (Lipinski definition) is 1. The van der Waals surface area contributed by atoms with E-state index in [0.717, 1.165) is 31.6 Å². The van der Waals surface area contributed by atoms with E-state index in [-0.39, 0.29) is 24.4 Å². The number of carbonyl (C=O) groups excluding carboxylic acids is 1. The highest BCUT2D eigenvalue weighted by atomic mass is 35.5. The third-order valence-electron chi connectivity index (χ3n) is 4.22. The number of halogens is 1. The molecule has 0 bridgehead atoms. The summed E-state index contributed by atoms with van der Waals surface area (Å²) in [6, 6.07) is 7.44. The summed E-state index contributed by atoms with van der Waals surface area (Å²) in [4.78, 5) is 14.5. The van der Waals surface area contributed by atoms with Gasteiger partial charge in [0, 0.05) is 24.7 Å². The zero-order valence-corrected chi connectivity index (χ0v) is 13.8. The van der Waals surface area contributed by atoms with Gasteiger partial charge in [0.1, 0.15) is 6.33 Å². The van der Waals surface area contributed by atoms with Gasteiger partial charge in [-0.05, 0) is 60.4 Å². The molecule has 0 aliphatic carbocycles. The van der Waals surface area contributed by atoms with Crippen LogP contribution in [0, 0.1) is 5.92 Å². The zero-order valence-electron chi connectivity index (χ0n) is 13.0. The molecule has 2 aromatic rings. The van der Waals surface area contributed by atoms with Crippen LogP contribution in [0.1, 0.15) is 30.1 Å². The number of piperidine rings is 1. The second-order valence-electron chi connectivity index (χ2n) is 5.81. The first-order valence-corrected chi connectivity index (χ1v) is 7.53. The summed E-state index contributed by atoms with van der Waals surface area (Å²) in [7, 11) is 0. The van der Waals surface area contributed by atoms with Gasteiger partial charge < -0.3 is 10.6 Å². The van der Waals surface area contributed by atoms with E-state index in [4.69, 9.17) is 5.73 Å². The van der Waals surface area contributed by atoms with Gasteiger partial charge in [0.05, 0.1) is 5.69 Å². The maximum Gasteiger partial charge on any atom is 0.253 e. The number of nitrogens with two attached hydrogens (primary N) is 1. The monoisotopic (exact) mass is 336 g/mol. The lowest BCUT2D eigenvalue weighted by Gasteiger charge is -2.34. The minimum absolute atomic E-state index is 0. The number of hydrogen-bond acceptors (Lipinski definition) is 5. The van der Waals surface area contributed by atoms with Gasteiger partial charge in [0.2, 0.25) is 0 Å². The Morgan fingerprint density at radius 3 is 2.70 bits per heavy atom. The molecule has 0 spiro atoms. The first kappa shape index (κ1) is 17.4. The van der Waals surface area contributed by atoms with Gasteiger partial charge in [-0.3, -0.25) is 4.79 Å². The number of aromatic nitrogens is 4. The van der Waals surface area contributed by atoms with Crippen molar-refractivity contribution in [2.24, 2.45) is 11.7 Å². The van der Waals surface area contributed by atoms with E-state index in [2.05, 4.69) is 15.5 Å². The molecule has 0 saturated carbocycles. The maximum absolute atomic E-state index is 12.6. The third kappa shape index (κ3) is 3.86. The highest BCUT2D eigenvalue weighted by Crippen LogP contribution is 2.21. The van der Waals surface area contributed by atoms with Crippen LogP contribution in [0.15, 0.2) is 30.6 Å². The molecule has 2 atom stereocenters. The van der Waals surface area contributed by atoms with Crippen LogP contribution in [-0.4, -0.2) is 50.1 Å². The summed E-state index contributed by atoms with van der Waals surface area (Å²) in [5, 5.41) is 11.0. The predicted octanol–water partition coefficient (Wildman–Crippen LogP) is 1.28. The summed E-state index contributed by atoms with van der Waals surface area (Å²) in [5.41, 5.74) is 7.49. The Labute approximate surface area is 141 Å². The van der Waals surface area contributed by atoms with Crippen LogP contribution in [0.5, 0.6) is 0 Å². The standard InChI is InChI=1S/C15H20N6O.ClH/c1-11(16)13-3-2-8-20(9-13)15(22)12-4-6-14(7-5-12)21-10-17-18-19-21;/h4-7,10-11,13H,2-3,8-9,16H2,1H3;1H. The van der Waals surface area contributed by atoms with Gasteiger partial charge in [-0.1, -0.05) is 0 Å². The van der Waals surface area contributed by atoms with Crippen LogP contribution >= 0.6 is 12.4 Å². The molecule has 8 heteroatoms. The second-order valence-corrected chi connectivity index (χ2v) is 5.81. The molecule has 2 heterocycles. The number of rotatable bonds is 3. The van der Waals surface area contributed by atoms with Crippen molar-refractivity contribution >= 4 is 18.3 Å². The van der Waals surface area contributed by atoms with Crippen molar-refractivity contribution in [1.82, 2.24) is 25.1 Å². The molecule has 2 unspecified atom stereocenters. The number of carbonyl (C=O) groups is 1. The minimum atomic E-state index is 0. The van der Waals surface area contributed by atoms with Crippen molar-refractivity contribution in [3.05, 3.63) is 36.2 Å². The molecule has 1 aromatic carbocycles. The number of nitrogens with zero attached hydrogens (tertiary/aromatic N) is 5. The van der Waals surface area contributed by atoms with E-state index in [0.29, 0.717) is 11.5 Å². The van der Waals surface area contributed by atoms with E-state index in [1.807, 2.05) is 36.1 Å². The molecule has 7 nitrogen and oxygen atoms in total. The molecule has 1 amide bonds. The Morgan fingerprint density at radius 2 is 2.09 bits per heavy atom. The average molecular weight is 337 g/mol. The predicted molar refractivity (Wildman–Crippen MR) is 88.7 cm³/mol. The Balaban J connectivity index is 0.00000192. The first-order chi connectivity index (χ1) is 10.6. The van der Waals surface area contributed by atoms with Crippen molar-refractivity contribution in [2.45, 2.75) is 25.8 Å². The second kappa shape index (κ2) is 7.52. The highest BCUT2D eigenvalue weighted by Gasteiger charge is 2.26. The summed E-state index contributed by atoms with van der Waals surface area (Å²) in [5.74, 6) is 0.451. The maximum atomic E-state index is 12.6. The van der Waals surface area contributed by atoms with Crippen LogP contribution < -0.4 is 5.73 Å². The fourth-order valence-corrected chi connectivity index (χ4v) is 2.84. The molecule has 1 aromatic heterocycles. The Kier molecular flexibility index (Phi) is 5.68. The third-order valence-corrected chi connectivity index (χ3v) is 4.22. The van der Waals surface area contributed by atoms with Crippen molar-refractivity contribution in [3.8, 4) is 5.69 Å². The molecule has 1 aliphatic rings. The van der Waals surface area contributed by atoms with E-state index in [9.17, 15) is 4.79 Å². The highest BCUT2D eigenvalue weighted by molar-refractivity contribution is 5.94. The molecule has 124 valence electrons. The molecule has 0 radical (unpaired) electrons. The van der Waals surface area contributed by atoms with Gasteiger partial charge in [0.15, 0.2) is 0 Å². The molecule has 1 aliphatic heterocycles. The van der Waals surface area contributed by atoms with E-state index in [1.165, 1.54) is 6.33 Å². The number of likely N-dealkylation sites (tertiary alicyclic amines) is 1. The van der Waals surface area contributed by atoms with Crippen LogP contribution in [-0.2, 0) is 0 Å². The van der Waals surface area contributed by atoms with Gasteiger partial charge in [0.25, 0.3) is 5.91 Å². The summed E-state index contributed by atoms with van der Waals surface area (Å²) >= 11 is 0. The summed E-state index contributed by atoms with van der Waals surface area (Å²) < 4.78 is 1.56. The fraction of sp³-hybridized carbons (Fsp3) is 0.467. The van der Waals surface area contributed by atoms with Gasteiger partial charge in [-0.15, -0.1) is 17.5 Å². The molecule has 2 N–H and O–H groups in total. The van der Waals surface area contributed by atoms with Crippen LogP contribution in [0.2, 0.25) is 0 Å². The SMILES string of the molecule is CC(N)C1CCCN(C(=O)c2ccc(-n3cnnn3)cc2)C1.Cl. The van der Waals surface area contributed by atoms with Crippen molar-refractivity contribution in [1.29, 1.82) is 0 Å². The van der Waals surface area contributed by atoms with E-state index >= 15 is 0 Å². The van der Waals surface area contributed by atoms with Crippen LogP contribution in [0.25, 0.3) is 5.69 Å². The molecule has 1 saturated heterocycles. The van der Waals surface area contributed by atoms with Gasteiger partial charge in [-0.2, -0.15) is 0 Å². The van der Waals surface area contributed by atoms with Crippen molar-refractivity contribution in [3.63, 3.8) is 0 Å². The Morgan fingerprint density at radius 1 is 1.35 bits per heavy atom. The lowest BCUT2D eigenvalue weighted by molar-refractivity contribution is 0.0661. The molecule has 1 fully saturated rings.